The molecule has 1 fully saturated rings. The van der Waals surface area contributed by atoms with Gasteiger partial charge in [0.2, 0.25) is 5.91 Å². The molecule has 1 unspecified atom stereocenters. The Kier molecular flexibility index (Phi) is 6.36. The number of benzene rings is 2. The van der Waals surface area contributed by atoms with Gasteiger partial charge >= 0.3 is 0 Å². The van der Waals surface area contributed by atoms with Crippen LogP contribution in [-0.2, 0) is 14.8 Å². The topological polar surface area (TPSA) is 100 Å². The number of carbonyl (C=O) groups is 1. The van der Waals surface area contributed by atoms with Crippen LogP contribution >= 0.6 is 0 Å². The molecule has 9 nitrogen and oxygen atoms in total. The molecular weight excluding hydrogens is 476 g/mol. The first-order valence-corrected chi connectivity index (χ1v) is 13.3. The number of aromatic nitrogens is 3. The van der Waals surface area contributed by atoms with Crippen molar-refractivity contribution in [2.45, 2.75) is 24.8 Å². The summed E-state index contributed by atoms with van der Waals surface area (Å²) in [7, 11) is -3.74. The maximum Gasteiger partial charge on any atom is 0.263 e. The van der Waals surface area contributed by atoms with Crippen molar-refractivity contribution < 1.29 is 13.2 Å². The number of nitrogens with one attached hydrogen (secondary N) is 1. The van der Waals surface area contributed by atoms with Gasteiger partial charge in [-0.05, 0) is 55.8 Å². The molecule has 0 saturated carbocycles. The number of sulfonamides is 1. The zero-order chi connectivity index (χ0) is 25.3. The summed E-state index contributed by atoms with van der Waals surface area (Å²) >= 11 is 0. The van der Waals surface area contributed by atoms with Crippen molar-refractivity contribution in [1.29, 1.82) is 0 Å². The molecule has 36 heavy (non-hydrogen) atoms. The maximum absolute atomic E-state index is 13.3. The van der Waals surface area contributed by atoms with Gasteiger partial charge in [0, 0.05) is 55.2 Å². The monoisotopic (exact) mass is 504 g/mol. The van der Waals surface area contributed by atoms with Crippen LogP contribution in [0.1, 0.15) is 18.5 Å². The van der Waals surface area contributed by atoms with Gasteiger partial charge in [-0.1, -0.05) is 18.2 Å². The molecule has 1 amide bonds. The minimum Gasteiger partial charge on any atom is -0.368 e. The molecule has 0 aliphatic carbocycles. The Labute approximate surface area is 210 Å². The van der Waals surface area contributed by atoms with Gasteiger partial charge in [0.25, 0.3) is 10.0 Å². The highest BCUT2D eigenvalue weighted by atomic mass is 32.2. The fraction of sp³-hybridized carbons (Fsp3) is 0.269. The lowest BCUT2D eigenvalue weighted by Crippen LogP contribution is -2.50. The van der Waals surface area contributed by atoms with E-state index in [0.29, 0.717) is 26.2 Å². The lowest BCUT2D eigenvalue weighted by molar-refractivity contribution is -0.134. The van der Waals surface area contributed by atoms with Crippen molar-refractivity contribution in [3.63, 3.8) is 0 Å². The smallest absolute Gasteiger partial charge is 0.263 e. The number of anilines is 2. The van der Waals surface area contributed by atoms with Gasteiger partial charge in [-0.3, -0.25) is 9.52 Å². The molecule has 2 aromatic heterocycles. The van der Waals surface area contributed by atoms with E-state index >= 15 is 0 Å². The van der Waals surface area contributed by atoms with Crippen LogP contribution in [0.2, 0.25) is 0 Å². The average molecular weight is 505 g/mol. The Morgan fingerprint density at radius 1 is 1.00 bits per heavy atom. The fourth-order valence-corrected chi connectivity index (χ4v) is 5.66. The predicted molar refractivity (Wildman–Crippen MR) is 139 cm³/mol. The number of fused-ring (bicyclic) bond motifs is 1. The highest BCUT2D eigenvalue weighted by Crippen LogP contribution is 2.26. The molecule has 0 bridgehead atoms. The SMILES string of the molecule is Cc1cn(C(C)C(=O)N2CCN(c3ccc(S(=O)(=O)Nc4ccncn4)cc3)CC2)c2ccccc12. The molecule has 5 rings (SSSR count). The lowest BCUT2D eigenvalue weighted by Gasteiger charge is -2.37. The summed E-state index contributed by atoms with van der Waals surface area (Å²) in [5.74, 6) is 0.319. The molecule has 1 saturated heterocycles. The van der Waals surface area contributed by atoms with Crippen molar-refractivity contribution >= 4 is 38.3 Å². The van der Waals surface area contributed by atoms with E-state index in [2.05, 4.69) is 49.4 Å². The highest BCUT2D eigenvalue weighted by Gasteiger charge is 2.27. The van der Waals surface area contributed by atoms with E-state index < -0.39 is 10.0 Å². The predicted octanol–water partition coefficient (Wildman–Crippen LogP) is 3.45. The second-order valence-corrected chi connectivity index (χ2v) is 10.6. The van der Waals surface area contributed by atoms with Gasteiger partial charge in [-0.2, -0.15) is 0 Å². The number of carbonyl (C=O) groups excluding carboxylic acids is 1. The third-order valence-corrected chi connectivity index (χ3v) is 8.01. The number of hydrogen-bond donors (Lipinski definition) is 1. The number of para-hydroxylation sites is 1. The van der Waals surface area contributed by atoms with Crippen molar-refractivity contribution in [2.24, 2.45) is 0 Å². The minimum atomic E-state index is -3.74. The molecule has 0 spiro atoms. The first kappa shape index (κ1) is 23.8. The molecule has 10 heteroatoms. The summed E-state index contributed by atoms with van der Waals surface area (Å²) in [5, 5.41) is 1.17. The van der Waals surface area contributed by atoms with Gasteiger partial charge in [0.15, 0.2) is 0 Å². The Hall–Kier alpha value is -3.92. The van der Waals surface area contributed by atoms with Crippen LogP contribution in [0.5, 0.6) is 0 Å². The highest BCUT2D eigenvalue weighted by molar-refractivity contribution is 7.92. The average Bonchev–Trinajstić information content (AvgIpc) is 3.25. The van der Waals surface area contributed by atoms with E-state index in [4.69, 9.17) is 0 Å². The van der Waals surface area contributed by atoms with E-state index in [0.717, 1.165) is 16.8 Å². The number of rotatable bonds is 6. The van der Waals surface area contributed by atoms with Crippen LogP contribution in [0, 0.1) is 6.92 Å². The normalized spacial score (nSPS) is 15.2. The minimum absolute atomic E-state index is 0.104. The largest absolute Gasteiger partial charge is 0.368 e. The zero-order valence-electron chi connectivity index (χ0n) is 20.2. The summed E-state index contributed by atoms with van der Waals surface area (Å²) in [6, 6.07) is 16.1. The Bertz CT molecular complexity index is 1480. The van der Waals surface area contributed by atoms with E-state index in [1.165, 1.54) is 24.0 Å². The van der Waals surface area contributed by atoms with Crippen LogP contribution in [-0.4, -0.2) is 59.9 Å². The zero-order valence-corrected chi connectivity index (χ0v) is 21.0. The van der Waals surface area contributed by atoms with Gasteiger partial charge in [0.05, 0.1) is 4.90 Å². The molecule has 1 atom stereocenters. The maximum atomic E-state index is 13.3. The van der Waals surface area contributed by atoms with Crippen LogP contribution in [0.15, 0.2) is 78.2 Å². The van der Waals surface area contributed by atoms with Gasteiger partial charge in [-0.25, -0.2) is 18.4 Å². The summed E-state index contributed by atoms with van der Waals surface area (Å²) in [6.45, 7) is 6.59. The van der Waals surface area contributed by atoms with Crippen LogP contribution in [0.4, 0.5) is 11.5 Å². The van der Waals surface area contributed by atoms with Crippen molar-refractivity contribution in [3.05, 3.63) is 78.9 Å². The molecule has 0 radical (unpaired) electrons. The molecule has 2 aromatic carbocycles. The Balaban J connectivity index is 1.22. The summed E-state index contributed by atoms with van der Waals surface area (Å²) < 4.78 is 29.8. The second-order valence-electron chi connectivity index (χ2n) is 8.92. The molecular formula is C26H28N6O3S. The van der Waals surface area contributed by atoms with E-state index in [1.807, 2.05) is 24.0 Å². The molecule has 186 valence electrons. The van der Waals surface area contributed by atoms with Crippen LogP contribution in [0.3, 0.4) is 0 Å². The quantitative estimate of drug-likeness (QED) is 0.432. The number of aryl methyl sites for hydroxylation is 1. The molecule has 1 N–H and O–H groups in total. The van der Waals surface area contributed by atoms with Crippen LogP contribution < -0.4 is 9.62 Å². The van der Waals surface area contributed by atoms with Gasteiger partial charge in [0.1, 0.15) is 18.2 Å². The van der Waals surface area contributed by atoms with Crippen molar-refractivity contribution in [1.82, 2.24) is 19.4 Å². The first-order valence-electron chi connectivity index (χ1n) is 11.8. The number of amides is 1. The Morgan fingerprint density at radius 3 is 2.42 bits per heavy atom. The molecule has 3 heterocycles. The summed E-state index contributed by atoms with van der Waals surface area (Å²) in [4.78, 5) is 25.2. The number of piperazine rings is 1. The molecule has 1 aliphatic rings. The van der Waals surface area contributed by atoms with Crippen molar-refractivity contribution in [3.8, 4) is 0 Å². The Morgan fingerprint density at radius 2 is 1.72 bits per heavy atom. The van der Waals surface area contributed by atoms with Gasteiger partial charge in [-0.15, -0.1) is 0 Å². The number of hydrogen-bond acceptors (Lipinski definition) is 6. The molecule has 4 aromatic rings. The van der Waals surface area contributed by atoms with Crippen LogP contribution in [0.25, 0.3) is 10.9 Å². The summed E-state index contributed by atoms with van der Waals surface area (Å²) in [6.07, 6.45) is 4.81. The fourth-order valence-electron chi connectivity index (χ4n) is 4.65. The van der Waals surface area contributed by atoms with E-state index in [-0.39, 0.29) is 22.7 Å². The third kappa shape index (κ3) is 4.64. The van der Waals surface area contributed by atoms with E-state index in [1.54, 1.807) is 24.3 Å². The third-order valence-electron chi connectivity index (χ3n) is 6.64. The standard InChI is InChI=1S/C26H28N6O3S/c1-19-17-32(24-6-4-3-5-23(19)24)20(2)26(33)31-15-13-30(14-16-31)21-7-9-22(10-8-21)36(34,35)29-25-11-12-27-18-28-25/h3-12,17-18,20H,13-16H2,1-2H3,(H,27,28,29). The summed E-state index contributed by atoms with van der Waals surface area (Å²) in [5.41, 5.74) is 3.15. The van der Waals surface area contributed by atoms with E-state index in [9.17, 15) is 13.2 Å². The first-order chi connectivity index (χ1) is 17.3. The lowest BCUT2D eigenvalue weighted by atomic mass is 10.2. The van der Waals surface area contributed by atoms with Gasteiger partial charge < -0.3 is 14.4 Å². The second kappa shape index (κ2) is 9.62. The number of nitrogens with zero attached hydrogens (tertiary/aromatic N) is 5. The van der Waals surface area contributed by atoms with Crippen molar-refractivity contribution in [2.75, 3.05) is 35.8 Å². The molecule has 1 aliphatic heterocycles.